The molecule has 1 heterocycles. The first-order valence-electron chi connectivity index (χ1n) is 10.4. The maximum atomic E-state index is 12.5. The molecule has 1 aliphatic heterocycles. The highest BCUT2D eigenvalue weighted by Gasteiger charge is 2.34. The zero-order valence-electron chi connectivity index (χ0n) is 16.8. The van der Waals surface area contributed by atoms with Crippen LogP contribution in [0.2, 0.25) is 0 Å². The Balaban J connectivity index is 1.76. The molecule has 3 amide bonds. The summed E-state index contributed by atoms with van der Waals surface area (Å²) in [5.74, 6) is 0.249. The molecule has 6 nitrogen and oxygen atoms in total. The van der Waals surface area contributed by atoms with Crippen LogP contribution in [-0.2, 0) is 4.79 Å². The SMILES string of the molecule is CCN(CC)C(=O)N1CCC(C(=O)NC[C@](C)(O)C2CCCCC2)CC1. The lowest BCUT2D eigenvalue weighted by molar-refractivity contribution is -0.128. The Bertz CT molecular complexity index is 463. The lowest BCUT2D eigenvalue weighted by atomic mass is 9.78. The number of carbonyl (C=O) groups excluding carboxylic acids is 2. The summed E-state index contributed by atoms with van der Waals surface area (Å²) in [6.45, 7) is 8.85. The van der Waals surface area contributed by atoms with Crippen molar-refractivity contribution in [3.05, 3.63) is 0 Å². The van der Waals surface area contributed by atoms with Gasteiger partial charge in [-0.3, -0.25) is 4.79 Å². The molecule has 1 aliphatic carbocycles. The molecule has 2 aliphatic rings. The van der Waals surface area contributed by atoms with Gasteiger partial charge in [-0.1, -0.05) is 19.3 Å². The van der Waals surface area contributed by atoms with Crippen LogP contribution in [0.5, 0.6) is 0 Å². The second-order valence-electron chi connectivity index (χ2n) is 8.13. The highest BCUT2D eigenvalue weighted by Crippen LogP contribution is 2.32. The first-order chi connectivity index (χ1) is 12.4. The minimum absolute atomic E-state index is 0.0241. The van der Waals surface area contributed by atoms with E-state index in [0.29, 0.717) is 45.6 Å². The summed E-state index contributed by atoms with van der Waals surface area (Å²) < 4.78 is 0. The second-order valence-corrected chi connectivity index (χ2v) is 8.13. The Morgan fingerprint density at radius 1 is 1.08 bits per heavy atom. The Labute approximate surface area is 158 Å². The zero-order chi connectivity index (χ0) is 19.2. The Morgan fingerprint density at radius 3 is 2.19 bits per heavy atom. The molecule has 0 aromatic rings. The van der Waals surface area contributed by atoms with Crippen LogP contribution in [0.4, 0.5) is 4.79 Å². The quantitative estimate of drug-likeness (QED) is 0.758. The van der Waals surface area contributed by atoms with E-state index in [0.717, 1.165) is 12.8 Å². The van der Waals surface area contributed by atoms with Crippen LogP contribution >= 0.6 is 0 Å². The fourth-order valence-electron chi connectivity index (χ4n) is 4.31. The minimum atomic E-state index is -0.824. The number of hydrogen-bond acceptors (Lipinski definition) is 3. The van der Waals surface area contributed by atoms with Crippen LogP contribution in [-0.4, -0.2) is 65.2 Å². The number of carbonyl (C=O) groups is 2. The van der Waals surface area contributed by atoms with E-state index < -0.39 is 5.60 Å². The lowest BCUT2D eigenvalue weighted by Crippen LogP contribution is -2.51. The van der Waals surface area contributed by atoms with Crippen LogP contribution < -0.4 is 5.32 Å². The predicted octanol–water partition coefficient (Wildman–Crippen LogP) is 2.61. The highest BCUT2D eigenvalue weighted by molar-refractivity contribution is 5.79. The maximum Gasteiger partial charge on any atom is 0.319 e. The van der Waals surface area contributed by atoms with Gasteiger partial charge in [0, 0.05) is 38.6 Å². The summed E-state index contributed by atoms with van der Waals surface area (Å²) >= 11 is 0. The molecular weight excluding hydrogens is 330 g/mol. The van der Waals surface area contributed by atoms with Gasteiger partial charge >= 0.3 is 6.03 Å². The molecule has 150 valence electrons. The van der Waals surface area contributed by atoms with Crippen molar-refractivity contribution < 1.29 is 14.7 Å². The van der Waals surface area contributed by atoms with Gasteiger partial charge < -0.3 is 20.2 Å². The van der Waals surface area contributed by atoms with Gasteiger partial charge in [-0.2, -0.15) is 0 Å². The van der Waals surface area contributed by atoms with Crippen molar-refractivity contribution >= 4 is 11.9 Å². The third-order valence-corrected chi connectivity index (χ3v) is 6.28. The first kappa shape index (κ1) is 21.0. The number of likely N-dealkylation sites (tertiary alicyclic amines) is 1. The average molecular weight is 368 g/mol. The third kappa shape index (κ3) is 5.35. The fourth-order valence-corrected chi connectivity index (χ4v) is 4.31. The maximum absolute atomic E-state index is 12.5. The zero-order valence-corrected chi connectivity index (χ0v) is 16.8. The summed E-state index contributed by atoms with van der Waals surface area (Å²) in [4.78, 5) is 28.6. The average Bonchev–Trinajstić information content (AvgIpc) is 2.68. The van der Waals surface area contributed by atoms with E-state index >= 15 is 0 Å². The van der Waals surface area contributed by atoms with Crippen molar-refractivity contribution in [3.63, 3.8) is 0 Å². The van der Waals surface area contributed by atoms with E-state index in [1.807, 2.05) is 30.6 Å². The number of piperidine rings is 1. The molecule has 1 saturated carbocycles. The van der Waals surface area contributed by atoms with Crippen molar-refractivity contribution in [1.29, 1.82) is 0 Å². The Kier molecular flexibility index (Phi) is 7.74. The molecule has 2 rings (SSSR count). The molecule has 1 atom stereocenters. The summed E-state index contributed by atoms with van der Waals surface area (Å²) in [6, 6.07) is 0.0779. The van der Waals surface area contributed by atoms with Gasteiger partial charge in [0.25, 0.3) is 0 Å². The molecule has 0 aromatic carbocycles. The molecule has 1 saturated heterocycles. The van der Waals surface area contributed by atoms with Gasteiger partial charge in [-0.05, 0) is 52.4 Å². The van der Waals surface area contributed by atoms with Gasteiger partial charge in [0.1, 0.15) is 0 Å². The summed E-state index contributed by atoms with van der Waals surface area (Å²) in [6.07, 6.45) is 7.10. The number of nitrogens with zero attached hydrogens (tertiary/aromatic N) is 2. The largest absolute Gasteiger partial charge is 0.388 e. The van der Waals surface area contributed by atoms with Crippen LogP contribution in [0, 0.1) is 11.8 Å². The van der Waals surface area contributed by atoms with E-state index in [1.54, 1.807) is 0 Å². The monoisotopic (exact) mass is 367 g/mol. The third-order valence-electron chi connectivity index (χ3n) is 6.28. The van der Waals surface area contributed by atoms with E-state index in [-0.39, 0.29) is 23.8 Å². The summed E-state index contributed by atoms with van der Waals surface area (Å²) in [7, 11) is 0. The van der Waals surface area contributed by atoms with Gasteiger partial charge in [0.15, 0.2) is 0 Å². The Hall–Kier alpha value is -1.30. The first-order valence-corrected chi connectivity index (χ1v) is 10.4. The smallest absolute Gasteiger partial charge is 0.319 e. The molecule has 2 N–H and O–H groups in total. The number of amides is 3. The molecule has 0 bridgehead atoms. The van der Waals surface area contributed by atoms with Crippen LogP contribution in [0.3, 0.4) is 0 Å². The van der Waals surface area contributed by atoms with Gasteiger partial charge in [-0.15, -0.1) is 0 Å². The highest BCUT2D eigenvalue weighted by atomic mass is 16.3. The molecule has 26 heavy (non-hydrogen) atoms. The van der Waals surface area contributed by atoms with Gasteiger partial charge in [0.2, 0.25) is 5.91 Å². The molecule has 0 aromatic heterocycles. The molecule has 0 spiro atoms. The van der Waals surface area contributed by atoms with Crippen molar-refractivity contribution in [2.75, 3.05) is 32.7 Å². The van der Waals surface area contributed by atoms with E-state index in [2.05, 4.69) is 5.32 Å². The summed E-state index contributed by atoms with van der Waals surface area (Å²) in [5.41, 5.74) is -0.824. The number of nitrogens with one attached hydrogen (secondary N) is 1. The topological polar surface area (TPSA) is 72.9 Å². The molecule has 6 heteroatoms. The summed E-state index contributed by atoms with van der Waals surface area (Å²) in [5, 5.41) is 13.7. The Morgan fingerprint density at radius 2 is 1.65 bits per heavy atom. The van der Waals surface area contributed by atoms with Crippen LogP contribution in [0.1, 0.15) is 65.7 Å². The molecule has 0 radical (unpaired) electrons. The van der Waals surface area contributed by atoms with E-state index in [4.69, 9.17) is 0 Å². The lowest BCUT2D eigenvalue weighted by Gasteiger charge is -2.37. The number of rotatable bonds is 6. The van der Waals surface area contributed by atoms with Gasteiger partial charge in [0.05, 0.1) is 5.60 Å². The normalized spacial score (nSPS) is 21.9. The van der Waals surface area contributed by atoms with Gasteiger partial charge in [-0.25, -0.2) is 4.79 Å². The van der Waals surface area contributed by atoms with Crippen LogP contribution in [0.25, 0.3) is 0 Å². The molecule has 2 fully saturated rings. The number of hydrogen-bond donors (Lipinski definition) is 2. The number of aliphatic hydroxyl groups is 1. The second kappa shape index (κ2) is 9.58. The predicted molar refractivity (Wildman–Crippen MR) is 103 cm³/mol. The van der Waals surface area contributed by atoms with E-state index in [1.165, 1.54) is 19.3 Å². The molecular formula is C20H37N3O3. The minimum Gasteiger partial charge on any atom is -0.388 e. The van der Waals surface area contributed by atoms with Crippen molar-refractivity contribution in [2.24, 2.45) is 11.8 Å². The standard InChI is InChI=1S/C20H37N3O3/c1-4-22(5-2)19(25)23-13-11-16(12-14-23)18(24)21-15-20(3,26)17-9-7-6-8-10-17/h16-17,26H,4-15H2,1-3H3,(H,21,24)/t20-/m0/s1. The van der Waals surface area contributed by atoms with Crippen LogP contribution in [0.15, 0.2) is 0 Å². The molecule has 0 unspecified atom stereocenters. The van der Waals surface area contributed by atoms with Crippen molar-refractivity contribution in [3.8, 4) is 0 Å². The van der Waals surface area contributed by atoms with Crippen molar-refractivity contribution in [2.45, 2.75) is 71.3 Å². The number of urea groups is 1. The fraction of sp³-hybridized carbons (Fsp3) is 0.900. The van der Waals surface area contributed by atoms with Crippen molar-refractivity contribution in [1.82, 2.24) is 15.1 Å². The van der Waals surface area contributed by atoms with E-state index in [9.17, 15) is 14.7 Å².